The fourth-order valence-corrected chi connectivity index (χ4v) is 3.63. The summed E-state index contributed by atoms with van der Waals surface area (Å²) in [5.41, 5.74) is 1.68. The van der Waals surface area contributed by atoms with E-state index < -0.39 is 15.9 Å². The second kappa shape index (κ2) is 7.29. The molecule has 0 saturated heterocycles. The molecular formula is C15H17BrN2O4S. The Kier molecular flexibility index (Phi) is 5.61. The second-order valence-electron chi connectivity index (χ2n) is 5.03. The van der Waals surface area contributed by atoms with Crippen molar-refractivity contribution < 1.29 is 17.6 Å². The number of nitrogens with one attached hydrogen (secondary N) is 2. The molecular weight excluding hydrogens is 384 g/mol. The van der Waals surface area contributed by atoms with E-state index in [9.17, 15) is 13.2 Å². The first-order chi connectivity index (χ1) is 10.8. The SMILES string of the molecule is Cc1ccc(S(=O)(=O)NCCNC(=O)c2ccc(Br)o2)c(C)c1. The van der Waals surface area contributed by atoms with Gasteiger partial charge in [-0.05, 0) is 53.5 Å². The Morgan fingerprint density at radius 1 is 1.17 bits per heavy atom. The number of benzene rings is 1. The fourth-order valence-electron chi connectivity index (χ4n) is 2.06. The van der Waals surface area contributed by atoms with Crippen LogP contribution in [0.1, 0.15) is 21.7 Å². The fraction of sp³-hybridized carbons (Fsp3) is 0.267. The standard InChI is InChI=1S/C15H17BrN2O4S/c1-10-3-5-13(11(2)9-10)23(20,21)18-8-7-17-15(19)12-4-6-14(16)22-12/h3-6,9,18H,7-8H2,1-2H3,(H,17,19). The lowest BCUT2D eigenvalue weighted by molar-refractivity contribution is 0.0925. The van der Waals surface area contributed by atoms with Gasteiger partial charge in [0.05, 0.1) is 4.90 Å². The number of hydrogen-bond donors (Lipinski definition) is 2. The van der Waals surface area contributed by atoms with Crippen LogP contribution < -0.4 is 10.0 Å². The zero-order valence-electron chi connectivity index (χ0n) is 12.7. The number of amides is 1. The van der Waals surface area contributed by atoms with Crippen molar-refractivity contribution >= 4 is 31.9 Å². The third-order valence-corrected chi connectivity index (χ3v) is 5.17. The van der Waals surface area contributed by atoms with Gasteiger partial charge in [0.1, 0.15) is 0 Å². The van der Waals surface area contributed by atoms with Crippen molar-refractivity contribution in [3.05, 3.63) is 51.9 Å². The molecule has 0 atom stereocenters. The van der Waals surface area contributed by atoms with Crippen LogP contribution in [0.4, 0.5) is 0 Å². The summed E-state index contributed by atoms with van der Waals surface area (Å²) in [6.45, 7) is 3.89. The van der Waals surface area contributed by atoms with Crippen molar-refractivity contribution in [3.8, 4) is 0 Å². The minimum Gasteiger partial charge on any atom is -0.444 e. The van der Waals surface area contributed by atoms with Crippen LogP contribution in [0.15, 0.2) is 44.3 Å². The molecule has 8 heteroatoms. The maximum atomic E-state index is 12.2. The monoisotopic (exact) mass is 400 g/mol. The van der Waals surface area contributed by atoms with E-state index in [1.54, 1.807) is 25.1 Å². The van der Waals surface area contributed by atoms with Crippen molar-refractivity contribution in [1.82, 2.24) is 10.0 Å². The lowest BCUT2D eigenvalue weighted by Gasteiger charge is -2.10. The van der Waals surface area contributed by atoms with Gasteiger partial charge in [-0.1, -0.05) is 17.7 Å². The van der Waals surface area contributed by atoms with Gasteiger partial charge in [-0.15, -0.1) is 0 Å². The van der Waals surface area contributed by atoms with Crippen LogP contribution in [0.3, 0.4) is 0 Å². The third kappa shape index (κ3) is 4.66. The van der Waals surface area contributed by atoms with E-state index in [1.807, 2.05) is 13.0 Å². The first-order valence-electron chi connectivity index (χ1n) is 6.90. The second-order valence-corrected chi connectivity index (χ2v) is 7.54. The van der Waals surface area contributed by atoms with Crippen LogP contribution in [-0.2, 0) is 10.0 Å². The molecule has 6 nitrogen and oxygen atoms in total. The Morgan fingerprint density at radius 3 is 2.52 bits per heavy atom. The molecule has 1 heterocycles. The first-order valence-corrected chi connectivity index (χ1v) is 9.17. The van der Waals surface area contributed by atoms with E-state index in [-0.39, 0.29) is 23.7 Å². The van der Waals surface area contributed by atoms with Gasteiger partial charge in [0.15, 0.2) is 10.4 Å². The van der Waals surface area contributed by atoms with Crippen molar-refractivity contribution in [2.45, 2.75) is 18.7 Å². The highest BCUT2D eigenvalue weighted by atomic mass is 79.9. The van der Waals surface area contributed by atoms with Crippen molar-refractivity contribution in [1.29, 1.82) is 0 Å². The van der Waals surface area contributed by atoms with Crippen LogP contribution in [0.2, 0.25) is 0 Å². The summed E-state index contributed by atoms with van der Waals surface area (Å²) < 4.78 is 32.5. The molecule has 0 bridgehead atoms. The highest BCUT2D eigenvalue weighted by molar-refractivity contribution is 9.10. The highest BCUT2D eigenvalue weighted by Gasteiger charge is 2.16. The van der Waals surface area contributed by atoms with Crippen molar-refractivity contribution in [2.75, 3.05) is 13.1 Å². The third-order valence-electron chi connectivity index (χ3n) is 3.12. The molecule has 0 aliphatic carbocycles. The van der Waals surface area contributed by atoms with E-state index in [1.165, 1.54) is 6.07 Å². The summed E-state index contributed by atoms with van der Waals surface area (Å²) in [4.78, 5) is 12.0. The normalized spacial score (nSPS) is 11.4. The summed E-state index contributed by atoms with van der Waals surface area (Å²) in [5, 5.41) is 2.58. The van der Waals surface area contributed by atoms with E-state index in [2.05, 4.69) is 26.0 Å². The van der Waals surface area contributed by atoms with Crippen LogP contribution in [0, 0.1) is 13.8 Å². The van der Waals surface area contributed by atoms with Gasteiger partial charge >= 0.3 is 0 Å². The Bertz CT molecular complexity index is 815. The van der Waals surface area contributed by atoms with Gasteiger partial charge in [0.25, 0.3) is 5.91 Å². The van der Waals surface area contributed by atoms with Crippen LogP contribution >= 0.6 is 15.9 Å². The maximum Gasteiger partial charge on any atom is 0.287 e. The van der Waals surface area contributed by atoms with Crippen LogP contribution in [-0.4, -0.2) is 27.4 Å². The Hall–Kier alpha value is -1.64. The number of halogens is 1. The summed E-state index contributed by atoms with van der Waals surface area (Å²) in [6, 6.07) is 8.27. The van der Waals surface area contributed by atoms with Gasteiger partial charge in [0, 0.05) is 13.1 Å². The number of furan rings is 1. The number of carbonyl (C=O) groups is 1. The lowest BCUT2D eigenvalue weighted by atomic mass is 10.2. The van der Waals surface area contributed by atoms with Gasteiger partial charge < -0.3 is 9.73 Å². The number of carbonyl (C=O) groups excluding carboxylic acids is 1. The van der Waals surface area contributed by atoms with E-state index >= 15 is 0 Å². The summed E-state index contributed by atoms with van der Waals surface area (Å²) >= 11 is 3.11. The molecule has 0 spiro atoms. The maximum absolute atomic E-state index is 12.2. The summed E-state index contributed by atoms with van der Waals surface area (Å²) in [7, 11) is -3.60. The van der Waals surface area contributed by atoms with Gasteiger partial charge in [-0.25, -0.2) is 13.1 Å². The molecule has 23 heavy (non-hydrogen) atoms. The average Bonchev–Trinajstić information content (AvgIpc) is 2.89. The average molecular weight is 401 g/mol. The van der Waals surface area contributed by atoms with Gasteiger partial charge in [-0.2, -0.15) is 0 Å². The van der Waals surface area contributed by atoms with Crippen LogP contribution in [0.25, 0.3) is 0 Å². The zero-order chi connectivity index (χ0) is 17.0. The highest BCUT2D eigenvalue weighted by Crippen LogP contribution is 2.16. The first kappa shape index (κ1) is 17.7. The van der Waals surface area contributed by atoms with Crippen LogP contribution in [0.5, 0.6) is 0 Å². The zero-order valence-corrected chi connectivity index (χ0v) is 15.1. The number of aryl methyl sites for hydroxylation is 2. The Labute approximate surface area is 143 Å². The molecule has 1 amide bonds. The van der Waals surface area contributed by atoms with Crippen molar-refractivity contribution in [3.63, 3.8) is 0 Å². The van der Waals surface area contributed by atoms with E-state index in [0.29, 0.717) is 10.2 Å². The van der Waals surface area contributed by atoms with Gasteiger partial charge in [-0.3, -0.25) is 4.79 Å². The van der Waals surface area contributed by atoms with Gasteiger partial charge in [0.2, 0.25) is 10.0 Å². The Balaban J connectivity index is 1.89. The molecule has 0 aliphatic heterocycles. The number of sulfonamides is 1. The molecule has 0 fully saturated rings. The molecule has 1 aromatic carbocycles. The smallest absolute Gasteiger partial charge is 0.287 e. The number of hydrogen-bond acceptors (Lipinski definition) is 4. The molecule has 0 unspecified atom stereocenters. The minimum absolute atomic E-state index is 0.0866. The quantitative estimate of drug-likeness (QED) is 0.728. The summed E-state index contributed by atoms with van der Waals surface area (Å²) in [6.07, 6.45) is 0. The predicted octanol–water partition coefficient (Wildman–Crippen LogP) is 2.37. The number of rotatable bonds is 6. The van der Waals surface area contributed by atoms with Crippen molar-refractivity contribution in [2.24, 2.45) is 0 Å². The topological polar surface area (TPSA) is 88.4 Å². The molecule has 0 aliphatic rings. The molecule has 2 aromatic rings. The molecule has 124 valence electrons. The Morgan fingerprint density at radius 2 is 1.91 bits per heavy atom. The molecule has 0 radical (unpaired) electrons. The van der Waals surface area contributed by atoms with E-state index in [0.717, 1.165) is 5.56 Å². The van der Waals surface area contributed by atoms with E-state index in [4.69, 9.17) is 4.42 Å². The molecule has 2 rings (SSSR count). The molecule has 0 saturated carbocycles. The molecule has 1 aromatic heterocycles. The minimum atomic E-state index is -3.60. The largest absolute Gasteiger partial charge is 0.444 e. The summed E-state index contributed by atoms with van der Waals surface area (Å²) in [5.74, 6) is -0.240. The lowest BCUT2D eigenvalue weighted by Crippen LogP contribution is -2.34. The predicted molar refractivity (Wildman–Crippen MR) is 89.8 cm³/mol. The molecule has 2 N–H and O–H groups in total.